The molecule has 4 rings (SSSR count). The molecule has 16 heteroatoms. The highest BCUT2D eigenvalue weighted by molar-refractivity contribution is 7.91. The predicted octanol–water partition coefficient (Wildman–Crippen LogP) is 8.13. The summed E-state index contributed by atoms with van der Waals surface area (Å²) in [7, 11) is -3.98. The number of ether oxygens (including phenoxy) is 4. The van der Waals surface area contributed by atoms with Gasteiger partial charge in [0.25, 0.3) is 0 Å². The van der Waals surface area contributed by atoms with Crippen molar-refractivity contribution in [3.8, 4) is 11.5 Å². The van der Waals surface area contributed by atoms with E-state index in [4.69, 9.17) is 18.9 Å². The van der Waals surface area contributed by atoms with Crippen LogP contribution in [0, 0.1) is 5.41 Å². The highest BCUT2D eigenvalue weighted by atomic mass is 32.2. The second-order valence-electron chi connectivity index (χ2n) is 15.1. The van der Waals surface area contributed by atoms with E-state index in [2.05, 4.69) is 43.5 Å². The number of benzene rings is 4. The van der Waals surface area contributed by atoms with E-state index < -0.39 is 51.8 Å². The number of amides is 2. The van der Waals surface area contributed by atoms with Crippen LogP contribution in [-0.4, -0.2) is 69.0 Å². The first-order valence-electron chi connectivity index (χ1n) is 20.8. The summed E-state index contributed by atoms with van der Waals surface area (Å²) in [5.41, 5.74) is 2.31. The van der Waals surface area contributed by atoms with Gasteiger partial charge >= 0.3 is 24.0 Å². The number of aromatic hydroxyl groups is 1. The van der Waals surface area contributed by atoms with Gasteiger partial charge in [0, 0.05) is 41.9 Å². The molecule has 4 aromatic rings. The first-order valence-corrected chi connectivity index (χ1v) is 22.3. The van der Waals surface area contributed by atoms with Gasteiger partial charge in [-0.15, -0.1) is 13.2 Å². The Hall–Kier alpha value is -7.85. The highest BCUT2D eigenvalue weighted by Crippen LogP contribution is 2.31. The van der Waals surface area contributed by atoms with Crippen molar-refractivity contribution < 1.29 is 61.2 Å². The van der Waals surface area contributed by atoms with E-state index in [0.717, 1.165) is 29.4 Å². The van der Waals surface area contributed by atoms with Crippen molar-refractivity contribution in [3.63, 3.8) is 0 Å². The summed E-state index contributed by atoms with van der Waals surface area (Å²) in [5.74, 6) is -2.99. The number of nitrogens with one attached hydrogen (secondary N) is 2. The summed E-state index contributed by atoms with van der Waals surface area (Å²) in [4.78, 5) is 74.1. The van der Waals surface area contributed by atoms with E-state index in [1.807, 2.05) is 24.3 Å². The van der Waals surface area contributed by atoms with Crippen molar-refractivity contribution in [3.05, 3.63) is 170 Å². The Morgan fingerprint density at radius 3 is 1.69 bits per heavy atom. The standard InChI is InChI=1S/C51H52N2O13S/c1-6-11-37-30-42(21-23-44(37)55)67(61,62)43-22-24-45(38(31-43)12-7-2)66-50(60)53-40-19-15-36(16-20-40)29-35-13-17-39(18-14-35)52-46(56)25-26-49(59)65-34-51(28-27-41(54)8-3,32-63-47(57)9-4)33-64-48(58)10-5/h6-10,13-24,30-31,55H,1-5,11-12,25-29,32-34H2,(H,52,56)(H,53,60). The van der Waals surface area contributed by atoms with Gasteiger partial charge in [0.1, 0.15) is 31.3 Å². The molecular weight excluding hydrogens is 881 g/mol. The molecule has 0 saturated carbocycles. The summed E-state index contributed by atoms with van der Waals surface area (Å²) >= 11 is 0. The number of anilines is 2. The van der Waals surface area contributed by atoms with Crippen LogP contribution in [0.3, 0.4) is 0 Å². The molecule has 0 aliphatic rings. The van der Waals surface area contributed by atoms with Gasteiger partial charge in [0.2, 0.25) is 15.7 Å². The van der Waals surface area contributed by atoms with E-state index in [1.165, 1.54) is 36.4 Å². The Bertz CT molecular complexity index is 2560. The largest absolute Gasteiger partial charge is 0.508 e. The van der Waals surface area contributed by atoms with Gasteiger partial charge in [-0.05, 0) is 109 Å². The number of hydrogen-bond donors (Lipinski definition) is 3. The first kappa shape index (κ1) is 51.8. The van der Waals surface area contributed by atoms with Gasteiger partial charge in [0.15, 0.2) is 5.78 Å². The summed E-state index contributed by atoms with van der Waals surface area (Å²) < 4.78 is 48.4. The van der Waals surface area contributed by atoms with Crippen molar-refractivity contribution in [2.75, 3.05) is 30.5 Å². The number of esters is 3. The van der Waals surface area contributed by atoms with Gasteiger partial charge in [-0.1, -0.05) is 56.2 Å². The number of phenolic OH excluding ortho intramolecular Hbond substituents is 1. The van der Waals surface area contributed by atoms with Crippen molar-refractivity contribution >= 4 is 56.9 Å². The molecule has 0 saturated heterocycles. The van der Waals surface area contributed by atoms with Crippen LogP contribution in [0.15, 0.2) is 158 Å². The molecule has 0 radical (unpaired) electrons. The molecule has 0 unspecified atom stereocenters. The lowest BCUT2D eigenvalue weighted by molar-refractivity contribution is -0.159. The molecule has 350 valence electrons. The maximum atomic E-state index is 13.5. The SMILES string of the molecule is C=CCc1cc(S(=O)(=O)c2ccc(OC(=O)Nc3ccc(Cc4ccc(NC(=O)CCC(=O)OCC(CCC(=O)C=C)(COC(=O)C=C)COC(=O)C=C)cc4)cc3)c(CC=C)c2)ccc1O. The average molecular weight is 933 g/mol. The lowest BCUT2D eigenvalue weighted by atomic mass is 9.84. The summed E-state index contributed by atoms with van der Waals surface area (Å²) in [5, 5.41) is 15.5. The molecule has 0 heterocycles. The van der Waals surface area contributed by atoms with E-state index in [1.54, 1.807) is 36.4 Å². The van der Waals surface area contributed by atoms with Gasteiger partial charge in [-0.2, -0.15) is 0 Å². The molecule has 0 aliphatic heterocycles. The number of ketones is 1. The predicted molar refractivity (Wildman–Crippen MR) is 251 cm³/mol. The number of carbonyl (C=O) groups is 6. The molecule has 0 fully saturated rings. The first-order chi connectivity index (χ1) is 32.0. The van der Waals surface area contributed by atoms with Crippen molar-refractivity contribution in [1.29, 1.82) is 0 Å². The maximum absolute atomic E-state index is 13.5. The minimum Gasteiger partial charge on any atom is -0.508 e. The number of phenols is 1. The van der Waals surface area contributed by atoms with Crippen LogP contribution in [0.25, 0.3) is 0 Å². The number of carbonyl (C=O) groups excluding carboxylic acids is 6. The molecule has 2 amide bonds. The summed E-state index contributed by atoms with van der Waals surface area (Å²) in [6, 6.07) is 22.3. The highest BCUT2D eigenvalue weighted by Gasteiger charge is 2.36. The fraction of sp³-hybridized carbons (Fsp3) is 0.216. The number of hydrogen-bond acceptors (Lipinski definition) is 13. The third-order valence-corrected chi connectivity index (χ3v) is 11.8. The van der Waals surface area contributed by atoms with Gasteiger partial charge in [-0.3, -0.25) is 19.7 Å². The molecule has 67 heavy (non-hydrogen) atoms. The van der Waals surface area contributed by atoms with E-state index >= 15 is 0 Å². The van der Waals surface area contributed by atoms with Crippen molar-refractivity contribution in [2.45, 2.75) is 54.7 Å². The van der Waals surface area contributed by atoms with Crippen LogP contribution in [0.4, 0.5) is 16.2 Å². The van der Waals surface area contributed by atoms with Gasteiger partial charge < -0.3 is 29.4 Å². The second kappa shape index (κ2) is 25.0. The fourth-order valence-electron chi connectivity index (χ4n) is 6.36. The van der Waals surface area contributed by atoms with Crippen LogP contribution >= 0.6 is 0 Å². The van der Waals surface area contributed by atoms with E-state index in [9.17, 15) is 42.3 Å². The van der Waals surface area contributed by atoms with Crippen LogP contribution < -0.4 is 15.4 Å². The fourth-order valence-corrected chi connectivity index (χ4v) is 7.72. The zero-order valence-electron chi connectivity index (χ0n) is 36.8. The number of allylic oxidation sites excluding steroid dienone is 3. The Morgan fingerprint density at radius 1 is 0.612 bits per heavy atom. The Balaban J connectivity index is 1.29. The minimum atomic E-state index is -3.98. The van der Waals surface area contributed by atoms with Crippen molar-refractivity contribution in [2.24, 2.45) is 5.41 Å². The van der Waals surface area contributed by atoms with Gasteiger partial charge in [0.05, 0.1) is 21.6 Å². The zero-order chi connectivity index (χ0) is 49.0. The molecule has 15 nitrogen and oxygen atoms in total. The molecule has 0 bridgehead atoms. The summed E-state index contributed by atoms with van der Waals surface area (Å²) in [6.45, 7) is 16.4. The molecule has 0 aliphatic carbocycles. The Morgan fingerprint density at radius 2 is 1.13 bits per heavy atom. The number of sulfone groups is 1. The zero-order valence-corrected chi connectivity index (χ0v) is 37.6. The lowest BCUT2D eigenvalue weighted by Gasteiger charge is -2.31. The Kier molecular flexibility index (Phi) is 19.3. The van der Waals surface area contributed by atoms with Crippen LogP contribution in [0.5, 0.6) is 11.5 Å². The molecule has 0 aromatic heterocycles. The van der Waals surface area contributed by atoms with Crippen molar-refractivity contribution in [1.82, 2.24) is 0 Å². The molecule has 0 spiro atoms. The number of rotatable bonds is 26. The smallest absolute Gasteiger partial charge is 0.417 e. The third-order valence-electron chi connectivity index (χ3n) is 10.1. The quantitative estimate of drug-likeness (QED) is 0.0235. The third kappa shape index (κ3) is 16.0. The van der Waals surface area contributed by atoms with E-state index in [0.29, 0.717) is 28.9 Å². The van der Waals surface area contributed by atoms with E-state index in [-0.39, 0.29) is 78.8 Å². The second-order valence-corrected chi connectivity index (χ2v) is 17.1. The normalized spacial score (nSPS) is 10.9. The minimum absolute atomic E-state index is 0.00583. The van der Waals surface area contributed by atoms with Crippen LogP contribution in [0.2, 0.25) is 0 Å². The topological polar surface area (TPSA) is 218 Å². The summed E-state index contributed by atoms with van der Waals surface area (Å²) in [6.07, 6.45) is 5.74. The van der Waals surface area contributed by atoms with Gasteiger partial charge in [-0.25, -0.2) is 22.8 Å². The molecule has 3 N–H and O–H groups in total. The maximum Gasteiger partial charge on any atom is 0.417 e. The lowest BCUT2D eigenvalue weighted by Crippen LogP contribution is -2.40. The molecular formula is C51H52N2O13S. The molecule has 0 atom stereocenters. The van der Waals surface area contributed by atoms with Crippen LogP contribution in [-0.2, 0) is 67.3 Å². The average Bonchev–Trinajstić information content (AvgIpc) is 3.32. The monoisotopic (exact) mass is 932 g/mol. The Labute approximate surface area is 389 Å². The molecule has 4 aromatic carbocycles. The van der Waals surface area contributed by atoms with Crippen LogP contribution in [0.1, 0.15) is 47.9 Å².